The van der Waals surface area contributed by atoms with Gasteiger partial charge < -0.3 is 14.7 Å². The van der Waals surface area contributed by atoms with Crippen LogP contribution in [-0.2, 0) is 9.84 Å². The van der Waals surface area contributed by atoms with Crippen LogP contribution >= 0.6 is 0 Å². The first-order valence-corrected chi connectivity index (χ1v) is 11.5. The largest absolute Gasteiger partial charge is 0.337 e. The summed E-state index contributed by atoms with van der Waals surface area (Å²) in [6, 6.07) is 1.59. The highest BCUT2D eigenvalue weighted by Crippen LogP contribution is 2.22. The van der Waals surface area contributed by atoms with Crippen molar-refractivity contribution in [2.45, 2.75) is 33.2 Å². The normalized spacial score (nSPS) is 22.8. The van der Waals surface area contributed by atoms with E-state index in [2.05, 4.69) is 21.8 Å². The number of carbonyl (C=O) groups is 1. The molecule has 2 aliphatic rings. The van der Waals surface area contributed by atoms with Crippen molar-refractivity contribution < 1.29 is 13.2 Å². The first-order chi connectivity index (χ1) is 12.8. The number of sulfone groups is 1. The van der Waals surface area contributed by atoms with Gasteiger partial charge in [-0.05, 0) is 32.9 Å². The second kappa shape index (κ2) is 8.10. The first kappa shape index (κ1) is 20.0. The van der Waals surface area contributed by atoms with Crippen LogP contribution in [0.3, 0.4) is 0 Å². The van der Waals surface area contributed by atoms with Crippen LogP contribution in [0, 0.1) is 6.92 Å². The Hall–Kier alpha value is -1.74. The van der Waals surface area contributed by atoms with Crippen LogP contribution in [-0.4, -0.2) is 90.9 Å². The summed E-state index contributed by atoms with van der Waals surface area (Å²) in [6.07, 6.45) is 0.579. The van der Waals surface area contributed by atoms with Crippen molar-refractivity contribution in [3.63, 3.8) is 0 Å². The quantitative estimate of drug-likeness (QED) is 0.721. The van der Waals surface area contributed by atoms with Crippen LogP contribution < -0.4 is 4.90 Å². The Morgan fingerprint density at radius 1 is 1.22 bits per heavy atom. The molecule has 150 valence electrons. The predicted molar refractivity (Wildman–Crippen MR) is 105 cm³/mol. The van der Waals surface area contributed by atoms with E-state index in [1.54, 1.807) is 6.07 Å². The molecule has 0 bridgehead atoms. The molecule has 1 aromatic rings. The molecule has 3 heterocycles. The summed E-state index contributed by atoms with van der Waals surface area (Å²) in [5.74, 6) is 0.705. The SMILES string of the molecule is CCN1CCN(C(=O)c2cc(C)nc(N(CC)C3CCS(=O)(=O)C3)n2)CC1. The molecule has 8 nitrogen and oxygen atoms in total. The van der Waals surface area contributed by atoms with Gasteiger partial charge in [0.1, 0.15) is 5.69 Å². The maximum Gasteiger partial charge on any atom is 0.272 e. The Morgan fingerprint density at radius 3 is 2.48 bits per heavy atom. The summed E-state index contributed by atoms with van der Waals surface area (Å²) in [6.45, 7) is 10.7. The molecule has 1 atom stereocenters. The molecule has 1 amide bonds. The molecule has 0 aliphatic carbocycles. The molecular weight excluding hydrogens is 366 g/mol. The smallest absolute Gasteiger partial charge is 0.272 e. The van der Waals surface area contributed by atoms with Gasteiger partial charge in [0.05, 0.1) is 11.5 Å². The van der Waals surface area contributed by atoms with Gasteiger partial charge in [0.2, 0.25) is 5.95 Å². The number of anilines is 1. The lowest BCUT2D eigenvalue weighted by molar-refractivity contribution is 0.0637. The number of nitrogens with zero attached hydrogens (tertiary/aromatic N) is 5. The zero-order valence-corrected chi connectivity index (χ0v) is 17.2. The van der Waals surface area contributed by atoms with Gasteiger partial charge >= 0.3 is 0 Å². The molecule has 0 spiro atoms. The zero-order valence-electron chi connectivity index (χ0n) is 16.4. The van der Waals surface area contributed by atoms with Gasteiger partial charge in [-0.2, -0.15) is 0 Å². The molecule has 2 fully saturated rings. The lowest BCUT2D eigenvalue weighted by Gasteiger charge is -2.34. The van der Waals surface area contributed by atoms with E-state index in [1.165, 1.54) is 0 Å². The molecule has 3 rings (SSSR count). The second-order valence-electron chi connectivity index (χ2n) is 7.26. The van der Waals surface area contributed by atoms with E-state index in [9.17, 15) is 13.2 Å². The monoisotopic (exact) mass is 395 g/mol. The number of amides is 1. The standard InChI is InChI=1S/C18H29N5O3S/c1-4-21-7-9-22(10-8-21)17(24)16-12-14(3)19-18(20-16)23(5-2)15-6-11-27(25,26)13-15/h12,15H,4-11,13H2,1-3H3. The zero-order chi connectivity index (χ0) is 19.6. The van der Waals surface area contributed by atoms with Crippen LogP contribution in [0.2, 0.25) is 0 Å². The molecular formula is C18H29N5O3S. The minimum Gasteiger partial charge on any atom is -0.337 e. The Balaban J connectivity index is 1.80. The Kier molecular flexibility index (Phi) is 6.00. The van der Waals surface area contributed by atoms with Crippen LogP contribution in [0.5, 0.6) is 0 Å². The third-order valence-electron chi connectivity index (χ3n) is 5.41. The number of hydrogen-bond donors (Lipinski definition) is 0. The molecule has 2 aliphatic heterocycles. The molecule has 0 N–H and O–H groups in total. The van der Waals surface area contributed by atoms with Gasteiger partial charge in [0, 0.05) is 44.5 Å². The van der Waals surface area contributed by atoms with E-state index in [4.69, 9.17) is 0 Å². The number of carbonyl (C=O) groups excluding carboxylic acids is 1. The molecule has 1 unspecified atom stereocenters. The van der Waals surface area contributed by atoms with Crippen molar-refractivity contribution >= 4 is 21.7 Å². The number of rotatable bonds is 5. The van der Waals surface area contributed by atoms with E-state index in [0.29, 0.717) is 37.7 Å². The highest BCUT2D eigenvalue weighted by atomic mass is 32.2. The fraction of sp³-hybridized carbons (Fsp3) is 0.722. The Bertz CT molecular complexity index is 790. The molecule has 27 heavy (non-hydrogen) atoms. The first-order valence-electron chi connectivity index (χ1n) is 9.67. The van der Waals surface area contributed by atoms with Crippen molar-refractivity contribution in [1.29, 1.82) is 0 Å². The number of piperazine rings is 1. The Morgan fingerprint density at radius 2 is 1.93 bits per heavy atom. The van der Waals surface area contributed by atoms with Gasteiger partial charge in [0.15, 0.2) is 9.84 Å². The van der Waals surface area contributed by atoms with Gasteiger partial charge in [-0.3, -0.25) is 4.79 Å². The maximum absolute atomic E-state index is 12.9. The van der Waals surface area contributed by atoms with E-state index >= 15 is 0 Å². The van der Waals surface area contributed by atoms with Crippen molar-refractivity contribution in [2.75, 3.05) is 55.7 Å². The van der Waals surface area contributed by atoms with Crippen molar-refractivity contribution in [2.24, 2.45) is 0 Å². The van der Waals surface area contributed by atoms with E-state index in [0.717, 1.165) is 25.3 Å². The van der Waals surface area contributed by atoms with Crippen molar-refractivity contribution in [3.8, 4) is 0 Å². The van der Waals surface area contributed by atoms with E-state index in [-0.39, 0.29) is 23.5 Å². The molecule has 0 saturated carbocycles. The van der Waals surface area contributed by atoms with Gasteiger partial charge in [-0.15, -0.1) is 0 Å². The van der Waals surface area contributed by atoms with Crippen molar-refractivity contribution in [3.05, 3.63) is 17.5 Å². The van der Waals surface area contributed by atoms with E-state index in [1.807, 2.05) is 23.6 Å². The molecule has 0 aromatic carbocycles. The number of aromatic nitrogens is 2. The molecule has 0 radical (unpaired) electrons. The summed E-state index contributed by atoms with van der Waals surface area (Å²) in [4.78, 5) is 28.0. The summed E-state index contributed by atoms with van der Waals surface area (Å²) in [5.41, 5.74) is 1.11. The van der Waals surface area contributed by atoms with Gasteiger partial charge in [-0.1, -0.05) is 6.92 Å². The molecule has 2 saturated heterocycles. The summed E-state index contributed by atoms with van der Waals surface area (Å²) < 4.78 is 23.7. The number of hydrogen-bond acceptors (Lipinski definition) is 7. The fourth-order valence-corrected chi connectivity index (χ4v) is 5.53. The summed E-state index contributed by atoms with van der Waals surface area (Å²) in [5, 5.41) is 0. The average Bonchev–Trinajstić information content (AvgIpc) is 3.01. The summed E-state index contributed by atoms with van der Waals surface area (Å²) >= 11 is 0. The topological polar surface area (TPSA) is 86.7 Å². The third-order valence-corrected chi connectivity index (χ3v) is 7.17. The lowest BCUT2D eigenvalue weighted by Crippen LogP contribution is -2.48. The predicted octanol–water partition coefficient (Wildman–Crippen LogP) is 0.576. The number of aryl methyl sites for hydroxylation is 1. The van der Waals surface area contributed by atoms with Crippen LogP contribution in [0.4, 0.5) is 5.95 Å². The van der Waals surface area contributed by atoms with Crippen molar-refractivity contribution in [1.82, 2.24) is 19.8 Å². The highest BCUT2D eigenvalue weighted by molar-refractivity contribution is 7.91. The van der Waals surface area contributed by atoms with Crippen LogP contribution in [0.1, 0.15) is 36.5 Å². The highest BCUT2D eigenvalue weighted by Gasteiger charge is 2.33. The molecule has 1 aromatic heterocycles. The maximum atomic E-state index is 12.9. The van der Waals surface area contributed by atoms with Gasteiger partial charge in [-0.25, -0.2) is 18.4 Å². The fourth-order valence-electron chi connectivity index (χ4n) is 3.80. The summed E-state index contributed by atoms with van der Waals surface area (Å²) in [7, 11) is -3.00. The lowest BCUT2D eigenvalue weighted by atomic mass is 10.2. The van der Waals surface area contributed by atoms with Crippen LogP contribution in [0.25, 0.3) is 0 Å². The minimum absolute atomic E-state index is 0.0763. The third kappa shape index (κ3) is 4.57. The average molecular weight is 396 g/mol. The Labute approximate surface area is 161 Å². The van der Waals surface area contributed by atoms with Crippen LogP contribution in [0.15, 0.2) is 6.07 Å². The van der Waals surface area contributed by atoms with Gasteiger partial charge in [0.25, 0.3) is 5.91 Å². The second-order valence-corrected chi connectivity index (χ2v) is 9.49. The number of likely N-dealkylation sites (N-methyl/N-ethyl adjacent to an activating group) is 1. The van der Waals surface area contributed by atoms with E-state index < -0.39 is 9.84 Å². The minimum atomic E-state index is -3.00. The molecule has 9 heteroatoms.